The van der Waals surface area contributed by atoms with Crippen LogP contribution >= 0.6 is 0 Å². The van der Waals surface area contributed by atoms with E-state index in [1.807, 2.05) is 19.9 Å². The predicted molar refractivity (Wildman–Crippen MR) is 90.3 cm³/mol. The Bertz CT molecular complexity index is 751. The Morgan fingerprint density at radius 1 is 1.42 bits per heavy atom. The topological polar surface area (TPSA) is 129 Å². The molecule has 1 saturated carbocycles. The minimum absolute atomic E-state index is 0.250. The summed E-state index contributed by atoms with van der Waals surface area (Å²) in [6.45, 7) is 3.65. The van der Waals surface area contributed by atoms with Crippen LogP contribution in [0.5, 0.6) is 0 Å². The maximum Gasteiger partial charge on any atom is 0.290 e. The molecule has 24 heavy (non-hydrogen) atoms. The Hall–Kier alpha value is -2.88. The third-order valence-electron chi connectivity index (χ3n) is 4.35. The molecule has 1 fully saturated rings. The fourth-order valence-electron chi connectivity index (χ4n) is 3.28. The molecule has 3 rings (SSSR count). The van der Waals surface area contributed by atoms with Gasteiger partial charge in [0.25, 0.3) is 6.47 Å². The SMILES string of the molecule is Cc1n[nH]c(C)c1-c1cc(C2CCCC2)nc(N)c1C#N.O=CO. The standard InChI is InChI=1S/C16H19N5.CH2O2/c1-9-15(10(2)21-20-9)12-7-14(11-5-3-4-6-11)19-16(18)13(12)8-17;2-1-3/h7,11H,3-6H2,1-2H3,(H2,18,19)(H,20,21);1H,(H,2,3). The van der Waals surface area contributed by atoms with Gasteiger partial charge in [-0.1, -0.05) is 12.8 Å². The number of anilines is 1. The van der Waals surface area contributed by atoms with Crippen molar-refractivity contribution in [2.24, 2.45) is 0 Å². The zero-order valence-corrected chi connectivity index (χ0v) is 13.8. The van der Waals surface area contributed by atoms with Gasteiger partial charge in [0.1, 0.15) is 17.5 Å². The summed E-state index contributed by atoms with van der Waals surface area (Å²) in [5.74, 6) is 0.795. The van der Waals surface area contributed by atoms with Crippen molar-refractivity contribution < 1.29 is 9.90 Å². The Balaban J connectivity index is 0.000000647. The maximum atomic E-state index is 9.44. The van der Waals surface area contributed by atoms with E-state index in [1.54, 1.807) is 0 Å². The van der Waals surface area contributed by atoms with E-state index in [0.29, 0.717) is 17.3 Å². The molecule has 0 aromatic carbocycles. The van der Waals surface area contributed by atoms with Crippen LogP contribution in [0.1, 0.15) is 54.2 Å². The van der Waals surface area contributed by atoms with Gasteiger partial charge < -0.3 is 10.8 Å². The molecule has 0 unspecified atom stereocenters. The van der Waals surface area contributed by atoms with Crippen molar-refractivity contribution in [3.05, 3.63) is 28.7 Å². The highest BCUT2D eigenvalue weighted by molar-refractivity contribution is 5.78. The summed E-state index contributed by atoms with van der Waals surface area (Å²) in [4.78, 5) is 12.8. The lowest BCUT2D eigenvalue weighted by Crippen LogP contribution is -2.05. The second-order valence-electron chi connectivity index (χ2n) is 5.86. The number of nitrogens with one attached hydrogen (secondary N) is 1. The molecule has 0 bridgehead atoms. The van der Waals surface area contributed by atoms with Gasteiger partial charge in [0, 0.05) is 28.4 Å². The number of carboxylic acid groups (broad SMARTS) is 1. The summed E-state index contributed by atoms with van der Waals surface area (Å²) in [5.41, 5.74) is 11.2. The number of rotatable bonds is 2. The lowest BCUT2D eigenvalue weighted by molar-refractivity contribution is -0.122. The van der Waals surface area contributed by atoms with Crippen LogP contribution < -0.4 is 5.73 Å². The van der Waals surface area contributed by atoms with Crippen molar-refractivity contribution in [1.82, 2.24) is 15.2 Å². The zero-order chi connectivity index (χ0) is 17.7. The molecule has 2 heterocycles. The number of carbonyl (C=O) groups is 1. The molecule has 0 amide bonds. The first-order valence-corrected chi connectivity index (χ1v) is 7.83. The zero-order valence-electron chi connectivity index (χ0n) is 13.8. The molecule has 0 saturated heterocycles. The molecule has 0 radical (unpaired) electrons. The van der Waals surface area contributed by atoms with E-state index in [4.69, 9.17) is 15.6 Å². The predicted octanol–water partition coefficient (Wildman–Crippen LogP) is 2.90. The van der Waals surface area contributed by atoms with Gasteiger partial charge in [-0.25, -0.2) is 4.98 Å². The quantitative estimate of drug-likeness (QED) is 0.727. The van der Waals surface area contributed by atoms with Gasteiger partial charge in [0.15, 0.2) is 0 Å². The molecule has 2 aromatic heterocycles. The van der Waals surface area contributed by atoms with E-state index in [1.165, 1.54) is 12.8 Å². The van der Waals surface area contributed by atoms with Crippen LogP contribution in [0.3, 0.4) is 0 Å². The van der Waals surface area contributed by atoms with Crippen molar-refractivity contribution in [1.29, 1.82) is 5.26 Å². The Labute approximate surface area is 140 Å². The number of nitrogen functional groups attached to an aromatic ring is 1. The minimum Gasteiger partial charge on any atom is -0.483 e. The summed E-state index contributed by atoms with van der Waals surface area (Å²) in [6, 6.07) is 4.23. The Kier molecular flexibility index (Phi) is 5.53. The highest BCUT2D eigenvalue weighted by Crippen LogP contribution is 2.38. The molecule has 7 heteroatoms. The van der Waals surface area contributed by atoms with Crippen LogP contribution in [-0.4, -0.2) is 26.8 Å². The van der Waals surface area contributed by atoms with Gasteiger partial charge in [0.05, 0.1) is 5.69 Å². The lowest BCUT2D eigenvalue weighted by atomic mass is 9.94. The van der Waals surface area contributed by atoms with Crippen molar-refractivity contribution >= 4 is 12.3 Å². The molecule has 1 aliphatic rings. The number of nitrogens with zero attached hydrogens (tertiary/aromatic N) is 3. The number of aromatic amines is 1. The van der Waals surface area contributed by atoms with Crippen LogP contribution in [0.25, 0.3) is 11.1 Å². The van der Waals surface area contributed by atoms with Crippen molar-refractivity contribution in [2.45, 2.75) is 45.4 Å². The first-order chi connectivity index (χ1) is 11.5. The average molecular weight is 327 g/mol. The van der Waals surface area contributed by atoms with Crippen molar-refractivity contribution in [3.63, 3.8) is 0 Å². The molecule has 126 valence electrons. The van der Waals surface area contributed by atoms with Crippen LogP contribution in [0.2, 0.25) is 0 Å². The van der Waals surface area contributed by atoms with Gasteiger partial charge >= 0.3 is 0 Å². The summed E-state index contributed by atoms with van der Waals surface area (Å²) in [5, 5.41) is 23.5. The molecular formula is C17H21N5O2. The highest BCUT2D eigenvalue weighted by Gasteiger charge is 2.23. The van der Waals surface area contributed by atoms with Crippen molar-refractivity contribution in [3.8, 4) is 17.2 Å². The summed E-state index contributed by atoms with van der Waals surface area (Å²) in [6.07, 6.45) is 4.79. The van der Waals surface area contributed by atoms with E-state index >= 15 is 0 Å². The summed E-state index contributed by atoms with van der Waals surface area (Å²) in [7, 11) is 0. The second-order valence-corrected chi connectivity index (χ2v) is 5.86. The number of H-pyrrole nitrogens is 1. The van der Waals surface area contributed by atoms with Crippen LogP contribution in [-0.2, 0) is 4.79 Å². The van der Waals surface area contributed by atoms with E-state index < -0.39 is 0 Å². The number of aryl methyl sites for hydroxylation is 2. The second kappa shape index (κ2) is 7.59. The highest BCUT2D eigenvalue weighted by atomic mass is 16.3. The molecule has 0 aliphatic heterocycles. The Morgan fingerprint density at radius 2 is 2.04 bits per heavy atom. The van der Waals surface area contributed by atoms with Gasteiger partial charge in [-0.15, -0.1) is 0 Å². The molecule has 1 aliphatic carbocycles. The third-order valence-corrected chi connectivity index (χ3v) is 4.35. The first kappa shape index (κ1) is 17.5. The van der Waals surface area contributed by atoms with Crippen LogP contribution in [0.4, 0.5) is 5.82 Å². The molecule has 7 nitrogen and oxygen atoms in total. The van der Waals surface area contributed by atoms with E-state index in [0.717, 1.165) is 41.1 Å². The fraction of sp³-hybridized carbons (Fsp3) is 0.412. The third kappa shape index (κ3) is 3.38. The monoisotopic (exact) mass is 327 g/mol. The number of aromatic nitrogens is 3. The number of nitriles is 1. The number of pyridine rings is 1. The molecule has 2 aromatic rings. The number of hydrogen-bond donors (Lipinski definition) is 3. The van der Waals surface area contributed by atoms with E-state index in [2.05, 4.69) is 21.3 Å². The molecular weight excluding hydrogens is 306 g/mol. The number of nitrogens with two attached hydrogens (primary N) is 1. The Morgan fingerprint density at radius 3 is 2.54 bits per heavy atom. The lowest BCUT2D eigenvalue weighted by Gasteiger charge is -2.14. The molecule has 0 spiro atoms. The summed E-state index contributed by atoms with van der Waals surface area (Å²) < 4.78 is 0. The minimum atomic E-state index is -0.250. The smallest absolute Gasteiger partial charge is 0.290 e. The van der Waals surface area contributed by atoms with Gasteiger partial charge in [-0.3, -0.25) is 9.89 Å². The van der Waals surface area contributed by atoms with Gasteiger partial charge in [0.2, 0.25) is 0 Å². The van der Waals surface area contributed by atoms with Crippen LogP contribution in [0.15, 0.2) is 6.07 Å². The average Bonchev–Trinajstić information content (AvgIpc) is 3.18. The molecule has 0 atom stereocenters. The largest absolute Gasteiger partial charge is 0.483 e. The fourth-order valence-corrected chi connectivity index (χ4v) is 3.28. The molecule has 4 N–H and O–H groups in total. The van der Waals surface area contributed by atoms with E-state index in [9.17, 15) is 5.26 Å². The van der Waals surface area contributed by atoms with Crippen LogP contribution in [0, 0.1) is 25.2 Å². The van der Waals surface area contributed by atoms with Gasteiger partial charge in [-0.05, 0) is 32.8 Å². The maximum absolute atomic E-state index is 9.44. The van der Waals surface area contributed by atoms with Crippen molar-refractivity contribution in [2.75, 3.05) is 5.73 Å². The normalized spacial score (nSPS) is 13.9. The van der Waals surface area contributed by atoms with Gasteiger partial charge in [-0.2, -0.15) is 10.4 Å². The number of hydrogen-bond acceptors (Lipinski definition) is 5. The summed E-state index contributed by atoms with van der Waals surface area (Å²) >= 11 is 0. The first-order valence-electron chi connectivity index (χ1n) is 7.83. The van der Waals surface area contributed by atoms with E-state index in [-0.39, 0.29) is 6.47 Å².